The minimum atomic E-state index is -0.993. The Morgan fingerprint density at radius 3 is 2.00 bits per heavy atom. The summed E-state index contributed by atoms with van der Waals surface area (Å²) < 4.78 is 21.6. The number of hydrogen-bond acceptors (Lipinski definition) is 11. The molecule has 3 rings (SSSR count). The molecule has 0 atom stereocenters. The molecule has 282 valence electrons. The number of ether oxygens (including phenoxy) is 4. The number of benzene rings is 3. The molecule has 3 aromatic carbocycles. The summed E-state index contributed by atoms with van der Waals surface area (Å²) in [6, 6.07) is 15.9. The molecule has 3 amide bonds. The number of carbonyl (C=O) groups excluding carboxylic acids is 5. The number of hydrogen-bond donors (Lipinski definition) is 2. The molecule has 0 aliphatic heterocycles. The zero-order valence-electron chi connectivity index (χ0n) is 32.0. The number of nitrogens with one attached hydrogen (secondary N) is 1. The first-order valence-corrected chi connectivity index (χ1v) is 17.0. The van der Waals surface area contributed by atoms with Gasteiger partial charge in [-0.15, -0.1) is 0 Å². The summed E-state index contributed by atoms with van der Waals surface area (Å²) in [7, 11) is 0. The lowest BCUT2D eigenvalue weighted by Gasteiger charge is -2.28. The van der Waals surface area contributed by atoms with Crippen molar-refractivity contribution < 1.29 is 42.9 Å². The maximum absolute atomic E-state index is 14.4. The second-order valence-electron chi connectivity index (χ2n) is 15.1. The molecule has 0 radical (unpaired) electrons. The van der Waals surface area contributed by atoms with Gasteiger partial charge in [-0.05, 0) is 89.3 Å². The standard InChI is InChI=1S/C40H48N4O9/c1-11-50-31(45)23-51-30-19-18-29(42)33(43-35(47)27-14-12-13-15-28(27)38(2,3)4)32(30)34(46)24-16-17-25(26(20-24)21-41)22-44(36(48)52-39(5,6)7)37(49)53-40(8,9)10/h12-20H,11,22-23,42H2,1-10H3,(H,43,47). The van der Waals surface area contributed by atoms with Gasteiger partial charge in [-0.3, -0.25) is 9.59 Å². The molecule has 13 heteroatoms. The van der Waals surface area contributed by atoms with Crippen LogP contribution in [0.15, 0.2) is 54.6 Å². The topological polar surface area (TPSA) is 187 Å². The number of carbonyl (C=O) groups is 5. The zero-order valence-corrected chi connectivity index (χ0v) is 32.0. The van der Waals surface area contributed by atoms with Gasteiger partial charge in [0.1, 0.15) is 17.0 Å². The van der Waals surface area contributed by atoms with Crippen LogP contribution in [0.5, 0.6) is 5.75 Å². The number of rotatable bonds is 10. The van der Waals surface area contributed by atoms with Crippen LogP contribution in [0.1, 0.15) is 112 Å². The summed E-state index contributed by atoms with van der Waals surface area (Å²) in [6.45, 7) is 16.5. The largest absolute Gasteiger partial charge is 0.481 e. The van der Waals surface area contributed by atoms with Gasteiger partial charge in [0, 0.05) is 11.1 Å². The van der Waals surface area contributed by atoms with Crippen LogP contribution < -0.4 is 15.8 Å². The third-order valence-electron chi connectivity index (χ3n) is 7.34. The second kappa shape index (κ2) is 16.6. The minimum absolute atomic E-state index is 0.0245. The fourth-order valence-electron chi connectivity index (χ4n) is 5.05. The highest BCUT2D eigenvalue weighted by Gasteiger charge is 2.33. The van der Waals surface area contributed by atoms with Crippen LogP contribution in [0.25, 0.3) is 0 Å². The fraction of sp³-hybridized carbons (Fsp3) is 0.400. The van der Waals surface area contributed by atoms with Gasteiger partial charge in [0.05, 0.1) is 41.7 Å². The molecule has 0 aliphatic rings. The number of anilines is 2. The quantitative estimate of drug-likeness (QED) is 0.0909. The highest BCUT2D eigenvalue weighted by Crippen LogP contribution is 2.36. The molecule has 13 nitrogen and oxygen atoms in total. The maximum atomic E-state index is 14.4. The lowest BCUT2D eigenvalue weighted by Crippen LogP contribution is -2.43. The van der Waals surface area contributed by atoms with Gasteiger partial charge < -0.3 is 30.0 Å². The highest BCUT2D eigenvalue weighted by molar-refractivity contribution is 6.19. The predicted molar refractivity (Wildman–Crippen MR) is 199 cm³/mol. The predicted octanol–water partition coefficient (Wildman–Crippen LogP) is 7.54. The van der Waals surface area contributed by atoms with E-state index in [1.165, 1.54) is 30.3 Å². The van der Waals surface area contributed by atoms with Gasteiger partial charge in [0.2, 0.25) is 0 Å². The molecule has 0 spiro atoms. The van der Waals surface area contributed by atoms with Crippen molar-refractivity contribution in [3.63, 3.8) is 0 Å². The second-order valence-corrected chi connectivity index (χ2v) is 15.1. The van der Waals surface area contributed by atoms with Crippen LogP contribution in [0.4, 0.5) is 21.0 Å². The van der Waals surface area contributed by atoms with Gasteiger partial charge in [-0.25, -0.2) is 19.3 Å². The third kappa shape index (κ3) is 11.3. The number of nitriles is 1. The Morgan fingerprint density at radius 2 is 1.45 bits per heavy atom. The first kappa shape index (κ1) is 41.5. The van der Waals surface area contributed by atoms with Crippen molar-refractivity contribution in [3.8, 4) is 11.8 Å². The molecule has 3 aromatic rings. The molecule has 0 saturated heterocycles. The van der Waals surface area contributed by atoms with Crippen LogP contribution in [-0.4, -0.2) is 59.2 Å². The third-order valence-corrected chi connectivity index (χ3v) is 7.34. The minimum Gasteiger partial charge on any atom is -0.481 e. The van der Waals surface area contributed by atoms with E-state index in [2.05, 4.69) is 5.32 Å². The molecule has 0 saturated carbocycles. The molecular weight excluding hydrogens is 680 g/mol. The number of nitrogens with zero attached hydrogens (tertiary/aromatic N) is 2. The van der Waals surface area contributed by atoms with Crippen LogP contribution in [0, 0.1) is 11.3 Å². The average Bonchev–Trinajstić information content (AvgIpc) is 3.05. The number of amides is 3. The zero-order chi connectivity index (χ0) is 39.9. The van der Waals surface area contributed by atoms with Crippen molar-refractivity contribution in [1.82, 2.24) is 4.90 Å². The lowest BCUT2D eigenvalue weighted by atomic mass is 9.83. The molecule has 0 aromatic heterocycles. The fourth-order valence-corrected chi connectivity index (χ4v) is 5.05. The van der Waals surface area contributed by atoms with Crippen LogP contribution >= 0.6 is 0 Å². The molecular formula is C40H48N4O9. The van der Waals surface area contributed by atoms with Crippen LogP contribution in [0.2, 0.25) is 0 Å². The van der Waals surface area contributed by atoms with E-state index in [9.17, 15) is 29.2 Å². The summed E-state index contributed by atoms with van der Waals surface area (Å²) in [4.78, 5) is 67.5. The molecule has 0 bridgehead atoms. The Bertz CT molecular complexity index is 1900. The summed E-state index contributed by atoms with van der Waals surface area (Å²) in [6.07, 6.45) is -1.99. The van der Waals surface area contributed by atoms with E-state index in [1.54, 1.807) is 60.6 Å². The molecule has 3 N–H and O–H groups in total. The van der Waals surface area contributed by atoms with E-state index in [4.69, 9.17) is 24.7 Å². The first-order valence-electron chi connectivity index (χ1n) is 17.0. The van der Waals surface area contributed by atoms with Crippen molar-refractivity contribution in [1.29, 1.82) is 5.26 Å². The molecule has 0 aliphatic carbocycles. The van der Waals surface area contributed by atoms with E-state index in [0.29, 0.717) is 5.56 Å². The molecule has 53 heavy (non-hydrogen) atoms. The Labute approximate surface area is 310 Å². The SMILES string of the molecule is CCOC(=O)COc1ccc(N)c(NC(=O)c2ccccc2C(C)(C)C)c1C(=O)c1ccc(CN(C(=O)OC(C)(C)C)C(=O)OC(C)(C)C)c(C#N)c1. The number of ketones is 1. The normalized spacial score (nSPS) is 11.5. The van der Waals surface area contributed by atoms with Gasteiger partial charge >= 0.3 is 18.2 Å². The van der Waals surface area contributed by atoms with E-state index < -0.39 is 59.6 Å². The van der Waals surface area contributed by atoms with Gasteiger partial charge in [0.25, 0.3) is 5.91 Å². The summed E-state index contributed by atoms with van der Waals surface area (Å²) in [5.41, 5.74) is 5.09. The monoisotopic (exact) mass is 728 g/mol. The van der Waals surface area contributed by atoms with Gasteiger partial charge in [-0.2, -0.15) is 5.26 Å². The smallest absolute Gasteiger partial charge is 0.420 e. The number of nitrogen functional groups attached to an aromatic ring is 1. The highest BCUT2D eigenvalue weighted by atomic mass is 16.6. The number of esters is 1. The summed E-state index contributed by atoms with van der Waals surface area (Å²) >= 11 is 0. The maximum Gasteiger partial charge on any atom is 0.420 e. The van der Waals surface area contributed by atoms with E-state index in [1.807, 2.05) is 39.0 Å². The van der Waals surface area contributed by atoms with Gasteiger partial charge in [0.15, 0.2) is 12.4 Å². The van der Waals surface area contributed by atoms with Gasteiger partial charge in [-0.1, -0.05) is 51.1 Å². The number of imide groups is 1. The van der Waals surface area contributed by atoms with Crippen molar-refractivity contribution in [2.24, 2.45) is 0 Å². The Morgan fingerprint density at radius 1 is 0.849 bits per heavy atom. The average molecular weight is 729 g/mol. The molecule has 0 unspecified atom stereocenters. The van der Waals surface area contributed by atoms with Crippen molar-refractivity contribution >= 4 is 41.2 Å². The molecule has 0 fully saturated rings. The first-order chi connectivity index (χ1) is 24.6. The van der Waals surface area contributed by atoms with E-state index >= 15 is 0 Å². The van der Waals surface area contributed by atoms with Crippen LogP contribution in [0.3, 0.4) is 0 Å². The van der Waals surface area contributed by atoms with Crippen molar-refractivity contribution in [2.45, 2.75) is 92.4 Å². The van der Waals surface area contributed by atoms with E-state index in [-0.39, 0.29) is 46.0 Å². The Kier molecular flexibility index (Phi) is 13.0. The summed E-state index contributed by atoms with van der Waals surface area (Å²) in [5.74, 6) is -2.03. The van der Waals surface area contributed by atoms with Crippen molar-refractivity contribution in [3.05, 3.63) is 88.0 Å². The lowest BCUT2D eigenvalue weighted by molar-refractivity contribution is -0.145. The Hall–Kier alpha value is -5.90. The van der Waals surface area contributed by atoms with Crippen molar-refractivity contribution in [2.75, 3.05) is 24.3 Å². The Balaban J connectivity index is 2.14. The molecule has 0 heterocycles. The summed E-state index contributed by atoms with van der Waals surface area (Å²) in [5, 5.41) is 13.0. The van der Waals surface area contributed by atoms with E-state index in [0.717, 1.165) is 10.5 Å². The number of nitrogens with two attached hydrogens (primary N) is 1. The van der Waals surface area contributed by atoms with Crippen LogP contribution in [-0.2, 0) is 31.0 Å².